The highest BCUT2D eigenvalue weighted by Crippen LogP contribution is 2.34. The summed E-state index contributed by atoms with van der Waals surface area (Å²) in [4.78, 5) is 23.9. The van der Waals surface area contributed by atoms with Crippen molar-refractivity contribution in [3.63, 3.8) is 0 Å². The van der Waals surface area contributed by atoms with Gasteiger partial charge < -0.3 is 48.1 Å². The lowest BCUT2D eigenvalue weighted by Gasteiger charge is -2.45. The SMILES string of the molecule is CC(=O)O[C@H]1C[C@H](OCc2ccccc2)O[C@H](C)[C@H]1O[C@H]1C[C@H](OC(C)=O)[C@H](O[C@H]2C[C@H](O)[C@H](O)[C@@H](C)O2)[C@@H](C)O1. The number of aliphatic hydroxyl groups is 2. The number of carbonyl (C=O) groups is 2. The van der Waals surface area contributed by atoms with Crippen molar-refractivity contribution in [1.29, 1.82) is 0 Å². The quantitative estimate of drug-likeness (QED) is 0.410. The molecular formula is C29H42O12. The Hall–Kier alpha value is -2.16. The molecule has 0 saturated carbocycles. The lowest BCUT2D eigenvalue weighted by atomic mass is 9.99. The van der Waals surface area contributed by atoms with E-state index in [1.807, 2.05) is 37.3 Å². The largest absolute Gasteiger partial charge is 0.459 e. The maximum Gasteiger partial charge on any atom is 0.302 e. The van der Waals surface area contributed by atoms with Gasteiger partial charge in [-0.3, -0.25) is 9.59 Å². The first kappa shape index (κ1) is 31.8. The molecule has 0 amide bonds. The molecule has 0 bridgehead atoms. The van der Waals surface area contributed by atoms with E-state index in [1.54, 1.807) is 13.8 Å². The number of esters is 2. The number of hydrogen-bond acceptors (Lipinski definition) is 12. The van der Waals surface area contributed by atoms with Crippen molar-refractivity contribution in [3.8, 4) is 0 Å². The summed E-state index contributed by atoms with van der Waals surface area (Å²) in [6.07, 6.45) is -8.45. The molecule has 0 aromatic heterocycles. The summed E-state index contributed by atoms with van der Waals surface area (Å²) in [7, 11) is 0. The normalized spacial score (nSPS) is 39.6. The van der Waals surface area contributed by atoms with E-state index in [4.69, 9.17) is 37.9 Å². The van der Waals surface area contributed by atoms with Crippen LogP contribution in [0.15, 0.2) is 30.3 Å². The van der Waals surface area contributed by atoms with E-state index in [0.29, 0.717) is 6.61 Å². The molecule has 3 saturated heterocycles. The van der Waals surface area contributed by atoms with Crippen LogP contribution in [0.25, 0.3) is 0 Å². The zero-order valence-corrected chi connectivity index (χ0v) is 24.1. The second-order valence-electron chi connectivity index (χ2n) is 10.9. The molecule has 12 nitrogen and oxygen atoms in total. The van der Waals surface area contributed by atoms with Gasteiger partial charge in [-0.05, 0) is 26.3 Å². The molecule has 3 fully saturated rings. The zero-order chi connectivity index (χ0) is 29.7. The van der Waals surface area contributed by atoms with E-state index in [-0.39, 0.29) is 19.3 Å². The van der Waals surface area contributed by atoms with Gasteiger partial charge in [-0.25, -0.2) is 0 Å². The molecule has 3 heterocycles. The molecule has 230 valence electrons. The highest BCUT2D eigenvalue weighted by Gasteiger charge is 2.47. The number of aliphatic hydroxyl groups excluding tert-OH is 2. The van der Waals surface area contributed by atoms with E-state index >= 15 is 0 Å². The minimum Gasteiger partial charge on any atom is -0.459 e. The van der Waals surface area contributed by atoms with Crippen LogP contribution in [-0.4, -0.2) is 96.0 Å². The van der Waals surface area contributed by atoms with E-state index in [0.717, 1.165) is 5.56 Å². The van der Waals surface area contributed by atoms with Crippen molar-refractivity contribution in [2.24, 2.45) is 0 Å². The first-order chi connectivity index (χ1) is 19.5. The van der Waals surface area contributed by atoms with Crippen LogP contribution >= 0.6 is 0 Å². The molecule has 12 heteroatoms. The van der Waals surface area contributed by atoms with Crippen molar-refractivity contribution in [1.82, 2.24) is 0 Å². The molecular weight excluding hydrogens is 540 g/mol. The number of carbonyl (C=O) groups excluding carboxylic acids is 2. The fourth-order valence-electron chi connectivity index (χ4n) is 5.47. The van der Waals surface area contributed by atoms with Gasteiger partial charge in [0.15, 0.2) is 18.9 Å². The van der Waals surface area contributed by atoms with Crippen LogP contribution in [0.4, 0.5) is 0 Å². The van der Waals surface area contributed by atoms with Crippen LogP contribution in [0, 0.1) is 0 Å². The Morgan fingerprint density at radius 1 is 0.756 bits per heavy atom. The molecule has 1 aromatic rings. The topological polar surface area (TPSA) is 148 Å². The van der Waals surface area contributed by atoms with Crippen LogP contribution in [-0.2, 0) is 54.1 Å². The van der Waals surface area contributed by atoms with Crippen molar-refractivity contribution in [2.45, 2.75) is 134 Å². The maximum atomic E-state index is 12.0. The summed E-state index contributed by atoms with van der Waals surface area (Å²) < 4.78 is 47.5. The molecule has 0 aliphatic carbocycles. The average molecular weight is 583 g/mol. The Labute approximate surface area is 240 Å². The smallest absolute Gasteiger partial charge is 0.302 e. The number of hydrogen-bond donors (Lipinski definition) is 2. The van der Waals surface area contributed by atoms with Crippen LogP contribution in [0.3, 0.4) is 0 Å². The highest BCUT2D eigenvalue weighted by atomic mass is 16.7. The van der Waals surface area contributed by atoms with Gasteiger partial charge in [-0.15, -0.1) is 0 Å². The van der Waals surface area contributed by atoms with Crippen LogP contribution < -0.4 is 0 Å². The second-order valence-corrected chi connectivity index (χ2v) is 10.9. The molecule has 1 aromatic carbocycles. The highest BCUT2D eigenvalue weighted by molar-refractivity contribution is 5.66. The van der Waals surface area contributed by atoms with Gasteiger partial charge >= 0.3 is 11.9 Å². The van der Waals surface area contributed by atoms with E-state index in [1.165, 1.54) is 13.8 Å². The van der Waals surface area contributed by atoms with Gasteiger partial charge in [0.25, 0.3) is 0 Å². The standard InChI is InChI=1S/C29H42O12/c1-15-27(33)21(32)11-25(35-15)40-29-17(3)37-26(13-23(29)39-19(5)31)41-28-16(2)36-24(12-22(28)38-18(4)30)34-14-20-9-7-6-8-10-20/h6-10,15-17,21-29,32-33H,11-14H2,1-5H3/t15-,16-,17-,21+,22+,23+,24-,25+,26+,27-,28-,29-/m1/s1. The minimum atomic E-state index is -1.02. The van der Waals surface area contributed by atoms with Gasteiger partial charge in [0, 0.05) is 33.1 Å². The van der Waals surface area contributed by atoms with Crippen molar-refractivity contribution in [2.75, 3.05) is 0 Å². The molecule has 0 radical (unpaired) electrons. The first-order valence-electron chi connectivity index (χ1n) is 14.1. The fraction of sp³-hybridized carbons (Fsp3) is 0.724. The lowest BCUT2D eigenvalue weighted by Crippen LogP contribution is -2.57. The van der Waals surface area contributed by atoms with Crippen molar-refractivity contribution >= 4 is 11.9 Å². The Kier molecular flexibility index (Phi) is 11.1. The van der Waals surface area contributed by atoms with Gasteiger partial charge in [0.2, 0.25) is 0 Å². The van der Waals surface area contributed by atoms with E-state index in [2.05, 4.69) is 0 Å². The number of ether oxygens (including phenoxy) is 8. The van der Waals surface area contributed by atoms with Crippen LogP contribution in [0.5, 0.6) is 0 Å². The summed E-state index contributed by atoms with van der Waals surface area (Å²) in [5.41, 5.74) is 0.989. The van der Waals surface area contributed by atoms with Crippen molar-refractivity contribution < 1.29 is 57.7 Å². The molecule has 3 aliphatic heterocycles. The average Bonchev–Trinajstić information content (AvgIpc) is 2.90. The third-order valence-electron chi connectivity index (χ3n) is 7.45. The molecule has 3 aliphatic rings. The Balaban J connectivity index is 1.40. The summed E-state index contributed by atoms with van der Waals surface area (Å²) in [5.74, 6) is -0.965. The molecule has 0 spiro atoms. The molecule has 41 heavy (non-hydrogen) atoms. The molecule has 12 atom stereocenters. The predicted octanol–water partition coefficient (Wildman–Crippen LogP) is 1.96. The maximum absolute atomic E-state index is 12.0. The Bertz CT molecular complexity index is 979. The van der Waals surface area contributed by atoms with Gasteiger partial charge in [0.1, 0.15) is 30.5 Å². The summed E-state index contributed by atoms with van der Waals surface area (Å²) in [6.45, 7) is 8.18. The van der Waals surface area contributed by atoms with Gasteiger partial charge in [0.05, 0.1) is 31.0 Å². The van der Waals surface area contributed by atoms with Crippen LogP contribution in [0.2, 0.25) is 0 Å². The summed E-state index contributed by atoms with van der Waals surface area (Å²) in [5, 5.41) is 20.2. The van der Waals surface area contributed by atoms with E-state index in [9.17, 15) is 19.8 Å². The van der Waals surface area contributed by atoms with Crippen LogP contribution in [0.1, 0.15) is 59.4 Å². The molecule has 4 rings (SSSR count). The van der Waals surface area contributed by atoms with Gasteiger partial charge in [-0.2, -0.15) is 0 Å². The number of rotatable bonds is 9. The molecule has 0 unspecified atom stereocenters. The fourth-order valence-corrected chi connectivity index (χ4v) is 5.47. The Morgan fingerprint density at radius 3 is 1.78 bits per heavy atom. The molecule has 2 N–H and O–H groups in total. The first-order valence-corrected chi connectivity index (χ1v) is 14.1. The third-order valence-corrected chi connectivity index (χ3v) is 7.45. The number of benzene rings is 1. The predicted molar refractivity (Wildman–Crippen MR) is 141 cm³/mol. The summed E-state index contributed by atoms with van der Waals surface area (Å²) >= 11 is 0. The minimum absolute atomic E-state index is 0.0515. The Morgan fingerprint density at radius 2 is 1.24 bits per heavy atom. The monoisotopic (exact) mass is 582 g/mol. The summed E-state index contributed by atoms with van der Waals surface area (Å²) in [6, 6.07) is 9.68. The van der Waals surface area contributed by atoms with Crippen molar-refractivity contribution in [3.05, 3.63) is 35.9 Å². The zero-order valence-electron chi connectivity index (χ0n) is 24.1. The lowest BCUT2D eigenvalue weighted by molar-refractivity contribution is -0.335. The van der Waals surface area contributed by atoms with Gasteiger partial charge in [-0.1, -0.05) is 30.3 Å². The second kappa shape index (κ2) is 14.3. The third kappa shape index (κ3) is 8.68. The van der Waals surface area contributed by atoms with E-state index < -0.39 is 85.7 Å².